The maximum Gasteiger partial charge on any atom is 0.126 e. The summed E-state index contributed by atoms with van der Waals surface area (Å²) >= 11 is 0. The van der Waals surface area contributed by atoms with Gasteiger partial charge in [-0.2, -0.15) is 10.0 Å². The van der Waals surface area contributed by atoms with Gasteiger partial charge in [0, 0.05) is 61.0 Å². The lowest BCUT2D eigenvalue weighted by Crippen LogP contribution is -2.22. The molecule has 1 aromatic carbocycles. The second kappa shape index (κ2) is 5.95. The lowest BCUT2D eigenvalue weighted by molar-refractivity contribution is 0.441. The Morgan fingerprint density at radius 3 is 3.00 bits per heavy atom. The molecule has 4 rings (SSSR count). The maximum absolute atomic E-state index is 13.3. The Morgan fingerprint density at radius 2 is 2.16 bits per heavy atom. The predicted octanol–water partition coefficient (Wildman–Crippen LogP) is 3.59. The summed E-state index contributed by atoms with van der Waals surface area (Å²) < 4.78 is 13.3. The minimum absolute atomic E-state index is 0.0927. The van der Waals surface area contributed by atoms with Crippen LogP contribution in [-0.4, -0.2) is 52.2 Å². The van der Waals surface area contributed by atoms with E-state index in [9.17, 15) is 9.50 Å². The van der Waals surface area contributed by atoms with Gasteiger partial charge in [0.15, 0.2) is 0 Å². The van der Waals surface area contributed by atoms with Gasteiger partial charge >= 0.3 is 0 Å². The first-order valence-corrected chi connectivity index (χ1v) is 10.6. The fourth-order valence-corrected chi connectivity index (χ4v) is 6.08. The van der Waals surface area contributed by atoms with Gasteiger partial charge in [-0.1, -0.05) is 0 Å². The topological polar surface area (TPSA) is 39.6 Å². The largest absolute Gasteiger partial charge is 0.507 e. The zero-order valence-electron chi connectivity index (χ0n) is 14.4. The smallest absolute Gasteiger partial charge is 0.126 e. The van der Waals surface area contributed by atoms with Gasteiger partial charge in [0.25, 0.3) is 0 Å². The van der Waals surface area contributed by atoms with Crippen molar-refractivity contribution in [1.29, 1.82) is 0 Å². The standard InChI is InChI=1S/C19H22FN3OS/c1-22-7-8-25(2)13-23(12-16(25)11-22)6-5-15-10-19(24)17-9-14(20)3-4-18(17)21-15/h3-4,7-10,12H,5-6,11,13H2,1-2H3,(H,21,24). The zero-order chi connectivity index (χ0) is 17.6. The van der Waals surface area contributed by atoms with Crippen molar-refractivity contribution in [3.63, 3.8) is 0 Å². The number of halogens is 1. The molecule has 6 heteroatoms. The van der Waals surface area contributed by atoms with E-state index in [-0.39, 0.29) is 11.6 Å². The van der Waals surface area contributed by atoms with Crippen molar-refractivity contribution in [1.82, 2.24) is 14.8 Å². The van der Waals surface area contributed by atoms with Crippen LogP contribution in [0.1, 0.15) is 5.69 Å². The summed E-state index contributed by atoms with van der Waals surface area (Å²) in [6, 6.07) is 5.97. The molecule has 0 spiro atoms. The molecular formula is C19H22FN3OS. The minimum atomic E-state index is -0.826. The van der Waals surface area contributed by atoms with Gasteiger partial charge in [-0.25, -0.2) is 4.39 Å². The lowest BCUT2D eigenvalue weighted by Gasteiger charge is -2.37. The molecule has 0 fully saturated rings. The van der Waals surface area contributed by atoms with Gasteiger partial charge in [0.1, 0.15) is 11.6 Å². The fraction of sp³-hybridized carbons (Fsp3) is 0.316. The van der Waals surface area contributed by atoms with Crippen LogP contribution in [-0.2, 0) is 6.42 Å². The van der Waals surface area contributed by atoms with Crippen LogP contribution in [0.25, 0.3) is 10.9 Å². The van der Waals surface area contributed by atoms with E-state index < -0.39 is 10.0 Å². The summed E-state index contributed by atoms with van der Waals surface area (Å²) in [5, 5.41) is 13.0. The van der Waals surface area contributed by atoms with E-state index in [2.05, 4.69) is 45.9 Å². The van der Waals surface area contributed by atoms with Gasteiger partial charge in [0.2, 0.25) is 0 Å². The Hall–Kier alpha value is -2.21. The zero-order valence-corrected chi connectivity index (χ0v) is 15.3. The van der Waals surface area contributed by atoms with E-state index in [0.29, 0.717) is 10.9 Å². The van der Waals surface area contributed by atoms with Crippen LogP contribution in [0.15, 0.2) is 47.0 Å². The number of aromatic nitrogens is 1. The summed E-state index contributed by atoms with van der Waals surface area (Å²) in [4.78, 5) is 10.7. The molecule has 0 radical (unpaired) electrons. The number of aromatic hydroxyl groups is 1. The normalized spacial score (nSPS) is 25.0. The van der Waals surface area contributed by atoms with Crippen molar-refractivity contribution in [2.45, 2.75) is 6.42 Å². The monoisotopic (exact) mass is 359 g/mol. The number of hydrogen-bond donors (Lipinski definition) is 1. The van der Waals surface area contributed by atoms with Crippen LogP contribution in [0.4, 0.5) is 4.39 Å². The van der Waals surface area contributed by atoms with Crippen molar-refractivity contribution in [3.8, 4) is 5.75 Å². The first-order valence-electron chi connectivity index (χ1n) is 8.30. The highest BCUT2D eigenvalue weighted by molar-refractivity contribution is 8.38. The third kappa shape index (κ3) is 3.06. The molecule has 2 aliphatic heterocycles. The van der Waals surface area contributed by atoms with Gasteiger partial charge < -0.3 is 14.9 Å². The van der Waals surface area contributed by atoms with Gasteiger partial charge in [-0.3, -0.25) is 4.98 Å². The third-order valence-corrected chi connectivity index (χ3v) is 7.86. The number of likely N-dealkylation sites (N-methyl/N-ethyl adjacent to an activating group) is 1. The first-order chi connectivity index (χ1) is 11.9. The van der Waals surface area contributed by atoms with E-state index >= 15 is 0 Å². The molecule has 25 heavy (non-hydrogen) atoms. The highest BCUT2D eigenvalue weighted by Crippen LogP contribution is 2.59. The van der Waals surface area contributed by atoms with Gasteiger partial charge in [-0.15, -0.1) is 0 Å². The molecule has 0 bridgehead atoms. The summed E-state index contributed by atoms with van der Waals surface area (Å²) in [6.45, 7) is 1.86. The predicted molar refractivity (Wildman–Crippen MR) is 102 cm³/mol. The van der Waals surface area contributed by atoms with Crippen LogP contribution < -0.4 is 0 Å². The number of hydrogen-bond acceptors (Lipinski definition) is 4. The van der Waals surface area contributed by atoms with E-state index in [1.807, 2.05) is 0 Å². The molecule has 2 aromatic rings. The number of fused-ring (bicyclic) bond motifs is 2. The SMILES string of the molecule is CN1C=CS2(C)CN(CCc3cc(O)c4cc(F)ccc4n3)C=C2C1. The highest BCUT2D eigenvalue weighted by Gasteiger charge is 2.32. The number of rotatable bonds is 3. The van der Waals surface area contributed by atoms with Crippen molar-refractivity contribution in [2.75, 3.05) is 32.3 Å². The summed E-state index contributed by atoms with van der Waals surface area (Å²) in [6.07, 6.45) is 7.60. The molecule has 1 aromatic heterocycles. The quantitative estimate of drug-likeness (QED) is 0.909. The van der Waals surface area contributed by atoms with Crippen molar-refractivity contribution in [2.24, 2.45) is 0 Å². The first kappa shape index (κ1) is 16.3. The van der Waals surface area contributed by atoms with Crippen molar-refractivity contribution in [3.05, 3.63) is 58.5 Å². The Kier molecular flexibility index (Phi) is 3.87. The maximum atomic E-state index is 13.3. The molecule has 1 atom stereocenters. The third-order valence-electron chi connectivity index (χ3n) is 4.84. The molecule has 1 unspecified atom stereocenters. The molecule has 132 valence electrons. The summed E-state index contributed by atoms with van der Waals surface area (Å²) in [5.74, 6) is 0.783. The van der Waals surface area contributed by atoms with E-state index in [4.69, 9.17) is 0 Å². The van der Waals surface area contributed by atoms with E-state index in [0.717, 1.165) is 31.1 Å². The second-order valence-electron chi connectivity index (χ2n) is 6.94. The molecule has 2 aliphatic rings. The second-order valence-corrected chi connectivity index (χ2v) is 10.3. The Balaban J connectivity index is 1.50. The Morgan fingerprint density at radius 1 is 1.32 bits per heavy atom. The van der Waals surface area contributed by atoms with Crippen LogP contribution in [0.3, 0.4) is 0 Å². The van der Waals surface area contributed by atoms with Crippen LogP contribution in [0.2, 0.25) is 0 Å². The number of pyridine rings is 1. The highest BCUT2D eigenvalue weighted by atomic mass is 32.3. The molecule has 0 saturated carbocycles. The fourth-order valence-electron chi connectivity index (χ4n) is 3.39. The molecule has 1 N–H and O–H groups in total. The van der Waals surface area contributed by atoms with Crippen molar-refractivity contribution >= 4 is 20.9 Å². The Labute approximate surface area is 148 Å². The lowest BCUT2D eigenvalue weighted by atomic mass is 10.1. The molecule has 0 saturated heterocycles. The molecule has 0 aliphatic carbocycles. The average molecular weight is 359 g/mol. The summed E-state index contributed by atoms with van der Waals surface area (Å²) in [7, 11) is 1.27. The van der Waals surface area contributed by atoms with Crippen LogP contribution >= 0.6 is 10.0 Å². The number of benzene rings is 1. The number of nitrogens with zero attached hydrogens (tertiary/aromatic N) is 3. The van der Waals surface area contributed by atoms with Gasteiger partial charge in [-0.05, 0) is 29.9 Å². The average Bonchev–Trinajstić information content (AvgIpc) is 2.90. The van der Waals surface area contributed by atoms with Crippen molar-refractivity contribution < 1.29 is 9.50 Å². The van der Waals surface area contributed by atoms with Crippen LogP contribution in [0.5, 0.6) is 5.75 Å². The summed E-state index contributed by atoms with van der Waals surface area (Å²) in [5.41, 5.74) is 1.46. The Bertz CT molecular complexity index is 898. The van der Waals surface area contributed by atoms with E-state index in [1.54, 1.807) is 12.1 Å². The van der Waals surface area contributed by atoms with Gasteiger partial charge in [0.05, 0.1) is 11.4 Å². The molecular weight excluding hydrogens is 337 g/mol. The molecule has 0 amide bonds. The molecule has 3 heterocycles. The minimum Gasteiger partial charge on any atom is -0.507 e. The molecule has 4 nitrogen and oxygen atoms in total. The van der Waals surface area contributed by atoms with Crippen LogP contribution in [0, 0.1) is 5.82 Å². The van der Waals surface area contributed by atoms with E-state index in [1.165, 1.54) is 17.0 Å².